The molecule has 106 valence electrons. The van der Waals surface area contributed by atoms with Crippen molar-refractivity contribution in [1.29, 1.82) is 5.26 Å². The van der Waals surface area contributed by atoms with E-state index in [1.54, 1.807) is 12.1 Å². The highest BCUT2D eigenvalue weighted by molar-refractivity contribution is 5.77. The van der Waals surface area contributed by atoms with Crippen LogP contribution in [0.3, 0.4) is 0 Å². The monoisotopic (exact) mass is 282 g/mol. The highest BCUT2D eigenvalue weighted by Gasteiger charge is 2.27. The van der Waals surface area contributed by atoms with Crippen molar-refractivity contribution in [3.63, 3.8) is 0 Å². The number of anilines is 1. The molecule has 0 spiro atoms. The molecular formula is C17H17FN3+. The fourth-order valence-electron chi connectivity index (χ4n) is 3.07. The van der Waals surface area contributed by atoms with Crippen LogP contribution in [0, 0.1) is 23.1 Å². The zero-order valence-corrected chi connectivity index (χ0v) is 11.9. The molecular weight excluding hydrogens is 265 g/mol. The predicted octanol–water partition coefficient (Wildman–Crippen LogP) is 2.89. The smallest absolute Gasteiger partial charge is 0.286 e. The maximum atomic E-state index is 13.2. The van der Waals surface area contributed by atoms with Crippen LogP contribution in [-0.2, 0) is 12.8 Å². The first kappa shape index (κ1) is 13.6. The third kappa shape index (κ3) is 2.36. The summed E-state index contributed by atoms with van der Waals surface area (Å²) >= 11 is 0. The maximum absolute atomic E-state index is 13.2. The fraction of sp³-hybridized carbons (Fsp3) is 0.294. The Bertz CT molecular complexity index is 729. The lowest BCUT2D eigenvalue weighted by molar-refractivity contribution is -0.375. The van der Waals surface area contributed by atoms with Crippen molar-refractivity contribution < 1.29 is 9.37 Å². The minimum Gasteiger partial charge on any atom is -0.286 e. The molecule has 1 aromatic carbocycles. The number of benzene rings is 1. The normalized spacial score (nSPS) is 17.1. The van der Waals surface area contributed by atoms with Gasteiger partial charge in [0.25, 0.3) is 5.82 Å². The molecule has 1 heterocycles. The van der Waals surface area contributed by atoms with Gasteiger partial charge in [-0.3, -0.25) is 5.73 Å². The summed E-state index contributed by atoms with van der Waals surface area (Å²) in [5, 5.41) is 9.46. The number of hydrogen-bond acceptors (Lipinski definition) is 2. The molecule has 1 aromatic heterocycles. The number of nitrogens with zero attached hydrogens (tertiary/aromatic N) is 1. The maximum Gasteiger partial charge on any atom is 0.289 e. The molecule has 2 aromatic rings. The van der Waals surface area contributed by atoms with Gasteiger partial charge in [-0.2, -0.15) is 5.26 Å². The largest absolute Gasteiger partial charge is 0.289 e. The van der Waals surface area contributed by atoms with Gasteiger partial charge in [0.05, 0.1) is 0 Å². The zero-order chi connectivity index (χ0) is 15.0. The van der Waals surface area contributed by atoms with Crippen LogP contribution >= 0.6 is 0 Å². The van der Waals surface area contributed by atoms with Gasteiger partial charge in [0.15, 0.2) is 0 Å². The Morgan fingerprint density at radius 1 is 1.33 bits per heavy atom. The molecule has 1 atom stereocenters. The van der Waals surface area contributed by atoms with E-state index in [2.05, 4.69) is 18.0 Å². The van der Waals surface area contributed by atoms with Gasteiger partial charge in [-0.15, -0.1) is 0 Å². The molecule has 0 amide bonds. The van der Waals surface area contributed by atoms with Gasteiger partial charge in [0.2, 0.25) is 0 Å². The number of aromatic amines is 1. The average molecular weight is 282 g/mol. The SMILES string of the molecule is C[C@H]1CCc2[nH+]c(N)c(C#N)c(-c3ccc(F)cc3)c2C1. The predicted molar refractivity (Wildman–Crippen MR) is 78.7 cm³/mol. The number of fused-ring (bicyclic) bond motifs is 1. The number of aryl methyl sites for hydroxylation is 1. The highest BCUT2D eigenvalue weighted by atomic mass is 19.1. The summed E-state index contributed by atoms with van der Waals surface area (Å²) < 4.78 is 13.2. The number of pyridine rings is 1. The molecule has 0 bridgehead atoms. The first-order chi connectivity index (χ1) is 10.1. The zero-order valence-electron chi connectivity index (χ0n) is 11.9. The molecule has 0 saturated heterocycles. The Morgan fingerprint density at radius 3 is 2.71 bits per heavy atom. The summed E-state index contributed by atoms with van der Waals surface area (Å²) in [6.07, 6.45) is 2.95. The van der Waals surface area contributed by atoms with Gasteiger partial charge >= 0.3 is 0 Å². The summed E-state index contributed by atoms with van der Waals surface area (Å²) in [5.41, 5.74) is 10.4. The van der Waals surface area contributed by atoms with E-state index in [1.165, 1.54) is 12.1 Å². The molecule has 3 N–H and O–H groups in total. The van der Waals surface area contributed by atoms with Crippen LogP contribution < -0.4 is 10.7 Å². The summed E-state index contributed by atoms with van der Waals surface area (Å²) in [5.74, 6) is 0.681. The third-order valence-corrected chi connectivity index (χ3v) is 4.16. The van der Waals surface area contributed by atoms with E-state index in [1.807, 2.05) is 0 Å². The van der Waals surface area contributed by atoms with Gasteiger partial charge in [-0.05, 0) is 36.5 Å². The number of H-pyrrole nitrogens is 1. The molecule has 0 unspecified atom stereocenters. The van der Waals surface area contributed by atoms with E-state index in [0.717, 1.165) is 41.6 Å². The van der Waals surface area contributed by atoms with Crippen molar-refractivity contribution in [3.8, 4) is 17.2 Å². The molecule has 0 aliphatic heterocycles. The molecule has 0 radical (unpaired) electrons. The molecule has 0 fully saturated rings. The molecule has 1 aliphatic carbocycles. The molecule has 21 heavy (non-hydrogen) atoms. The van der Waals surface area contributed by atoms with Crippen LogP contribution in [0.2, 0.25) is 0 Å². The minimum absolute atomic E-state index is 0.282. The summed E-state index contributed by atoms with van der Waals surface area (Å²) in [7, 11) is 0. The number of nitrogens with one attached hydrogen (secondary N) is 1. The number of halogens is 1. The second-order valence-electron chi connectivity index (χ2n) is 5.71. The topological polar surface area (TPSA) is 63.9 Å². The molecule has 3 rings (SSSR count). The van der Waals surface area contributed by atoms with Crippen molar-refractivity contribution in [2.24, 2.45) is 5.92 Å². The van der Waals surface area contributed by atoms with E-state index in [4.69, 9.17) is 5.73 Å². The van der Waals surface area contributed by atoms with Gasteiger partial charge in [0.1, 0.15) is 23.1 Å². The van der Waals surface area contributed by atoms with Crippen molar-refractivity contribution in [1.82, 2.24) is 0 Å². The van der Waals surface area contributed by atoms with Crippen molar-refractivity contribution in [3.05, 3.63) is 46.9 Å². The molecule has 0 saturated carbocycles. The summed E-state index contributed by atoms with van der Waals surface area (Å²) in [6, 6.07) is 8.45. The van der Waals surface area contributed by atoms with Crippen LogP contribution in [-0.4, -0.2) is 0 Å². The van der Waals surface area contributed by atoms with Gasteiger partial charge in [0, 0.05) is 17.5 Å². The van der Waals surface area contributed by atoms with E-state index in [9.17, 15) is 9.65 Å². The van der Waals surface area contributed by atoms with Crippen LogP contribution in [0.1, 0.15) is 30.2 Å². The van der Waals surface area contributed by atoms with Crippen molar-refractivity contribution in [2.45, 2.75) is 26.2 Å². The summed E-state index contributed by atoms with van der Waals surface area (Å²) in [4.78, 5) is 3.17. The first-order valence-electron chi connectivity index (χ1n) is 7.12. The number of aromatic nitrogens is 1. The fourth-order valence-corrected chi connectivity index (χ4v) is 3.07. The lowest BCUT2D eigenvalue weighted by atomic mass is 9.82. The van der Waals surface area contributed by atoms with E-state index in [0.29, 0.717) is 17.3 Å². The minimum atomic E-state index is -0.282. The lowest BCUT2D eigenvalue weighted by Crippen LogP contribution is -2.26. The van der Waals surface area contributed by atoms with Crippen LogP contribution in [0.15, 0.2) is 24.3 Å². The van der Waals surface area contributed by atoms with Gasteiger partial charge in [-0.25, -0.2) is 9.37 Å². The quantitative estimate of drug-likeness (QED) is 0.874. The van der Waals surface area contributed by atoms with E-state index >= 15 is 0 Å². The Labute approximate surface area is 123 Å². The van der Waals surface area contributed by atoms with Crippen molar-refractivity contribution >= 4 is 5.82 Å². The average Bonchev–Trinajstić information content (AvgIpc) is 2.47. The number of hydrogen-bond donors (Lipinski definition) is 1. The van der Waals surface area contributed by atoms with E-state index < -0.39 is 0 Å². The van der Waals surface area contributed by atoms with Crippen LogP contribution in [0.5, 0.6) is 0 Å². The highest BCUT2D eigenvalue weighted by Crippen LogP contribution is 2.35. The van der Waals surface area contributed by atoms with Gasteiger partial charge < -0.3 is 0 Å². The Hall–Kier alpha value is -2.41. The van der Waals surface area contributed by atoms with Crippen LogP contribution in [0.4, 0.5) is 10.2 Å². The molecule has 4 heteroatoms. The standard InChI is InChI=1S/C17H16FN3/c1-10-2-7-15-13(8-10)16(14(9-19)17(20)21-15)11-3-5-12(18)6-4-11/h3-6,10H,2,7-8H2,1H3,(H2,20,21)/p+1/t10-/m0/s1. The second kappa shape index (κ2) is 5.17. The second-order valence-corrected chi connectivity index (χ2v) is 5.71. The molecule has 1 aliphatic rings. The lowest BCUT2D eigenvalue weighted by Gasteiger charge is -2.23. The van der Waals surface area contributed by atoms with Crippen LogP contribution in [0.25, 0.3) is 11.1 Å². The first-order valence-corrected chi connectivity index (χ1v) is 7.12. The third-order valence-electron chi connectivity index (χ3n) is 4.16. The Morgan fingerprint density at radius 2 is 2.05 bits per heavy atom. The molecule has 3 nitrogen and oxygen atoms in total. The summed E-state index contributed by atoms with van der Waals surface area (Å²) in [6.45, 7) is 2.21. The van der Waals surface area contributed by atoms with E-state index in [-0.39, 0.29) is 5.82 Å². The Balaban J connectivity index is 2.28. The number of nitrogen functional groups attached to an aromatic ring is 1. The number of nitrogens with two attached hydrogens (primary N) is 1. The van der Waals surface area contributed by atoms with Crippen molar-refractivity contribution in [2.75, 3.05) is 5.73 Å². The Kier molecular flexibility index (Phi) is 3.34. The van der Waals surface area contributed by atoms with Gasteiger partial charge in [-0.1, -0.05) is 19.1 Å². The number of nitriles is 1. The number of rotatable bonds is 1.